The number of nitrogens with two attached hydrogens (primary N) is 1. The molecule has 0 aliphatic heterocycles. The Kier molecular flexibility index (Phi) is 6.38. The Morgan fingerprint density at radius 3 is 2.71 bits per heavy atom. The molecule has 0 aromatic heterocycles. The van der Waals surface area contributed by atoms with Gasteiger partial charge < -0.3 is 10.6 Å². The lowest BCUT2D eigenvalue weighted by atomic mass is 10.1. The van der Waals surface area contributed by atoms with Gasteiger partial charge in [0.05, 0.1) is 5.69 Å². The maximum atomic E-state index is 5.87. The molecule has 0 spiro atoms. The average molecular weight is 317 g/mol. The van der Waals surface area contributed by atoms with Crippen LogP contribution >= 0.6 is 27.7 Å². The van der Waals surface area contributed by atoms with E-state index in [9.17, 15) is 0 Å². The summed E-state index contributed by atoms with van der Waals surface area (Å²) < 4.78 is 1.12. The van der Waals surface area contributed by atoms with Crippen molar-refractivity contribution in [3.8, 4) is 0 Å². The van der Waals surface area contributed by atoms with E-state index in [1.165, 1.54) is 17.9 Å². The summed E-state index contributed by atoms with van der Waals surface area (Å²) in [6.45, 7) is 3.08. The first-order valence-electron chi connectivity index (χ1n) is 5.81. The summed E-state index contributed by atoms with van der Waals surface area (Å²) in [4.78, 5) is 2.28. The minimum Gasteiger partial charge on any atom is -0.374 e. The Morgan fingerprint density at radius 1 is 1.47 bits per heavy atom. The van der Waals surface area contributed by atoms with Crippen molar-refractivity contribution in [2.24, 2.45) is 5.73 Å². The second kappa shape index (κ2) is 7.29. The Labute approximate surface area is 117 Å². The summed E-state index contributed by atoms with van der Waals surface area (Å²) in [5.41, 5.74) is 8.27. The third-order valence-corrected chi connectivity index (χ3v) is 4.08. The first-order chi connectivity index (χ1) is 8.06. The number of benzene rings is 1. The molecule has 0 saturated heterocycles. The van der Waals surface area contributed by atoms with Gasteiger partial charge in [0.15, 0.2) is 0 Å². The molecule has 0 bridgehead atoms. The summed E-state index contributed by atoms with van der Waals surface area (Å²) in [5, 5.41) is 0. The van der Waals surface area contributed by atoms with Crippen LogP contribution in [0.1, 0.15) is 24.9 Å². The average Bonchev–Trinajstić information content (AvgIpc) is 2.28. The highest BCUT2D eigenvalue weighted by Crippen LogP contribution is 2.28. The van der Waals surface area contributed by atoms with Gasteiger partial charge in [-0.15, -0.1) is 0 Å². The molecule has 2 N–H and O–H groups in total. The fourth-order valence-corrected chi connectivity index (χ4v) is 2.80. The lowest BCUT2D eigenvalue weighted by Crippen LogP contribution is -2.19. The Balaban J connectivity index is 2.70. The molecule has 1 aromatic rings. The van der Waals surface area contributed by atoms with Crippen molar-refractivity contribution < 1.29 is 0 Å². The molecule has 0 heterocycles. The molecular formula is C13H21BrN2S. The smallest absolute Gasteiger partial charge is 0.0508 e. The lowest BCUT2D eigenvalue weighted by molar-refractivity contribution is 0.814. The molecule has 1 aromatic carbocycles. The van der Waals surface area contributed by atoms with Crippen molar-refractivity contribution in [3.63, 3.8) is 0 Å². The standard InChI is InChI=1S/C13H21BrN2S/c1-10(15)11-5-6-13(12(14)9-11)16(2)7-4-8-17-3/h5-6,9-10H,4,7-8,15H2,1-3H3/t10-/m0/s1. The molecule has 1 atom stereocenters. The number of hydrogen-bond acceptors (Lipinski definition) is 3. The molecule has 4 heteroatoms. The quantitative estimate of drug-likeness (QED) is 0.812. The van der Waals surface area contributed by atoms with E-state index >= 15 is 0 Å². The van der Waals surface area contributed by atoms with Gasteiger partial charge >= 0.3 is 0 Å². The zero-order valence-electron chi connectivity index (χ0n) is 10.7. The molecule has 0 unspecified atom stereocenters. The first-order valence-corrected chi connectivity index (χ1v) is 8.00. The topological polar surface area (TPSA) is 29.3 Å². The fraction of sp³-hybridized carbons (Fsp3) is 0.538. The number of rotatable bonds is 6. The monoisotopic (exact) mass is 316 g/mol. The van der Waals surface area contributed by atoms with E-state index in [1.807, 2.05) is 18.7 Å². The number of thioether (sulfide) groups is 1. The summed E-state index contributed by atoms with van der Waals surface area (Å²) in [6.07, 6.45) is 3.35. The maximum absolute atomic E-state index is 5.87. The molecule has 0 saturated carbocycles. The van der Waals surface area contributed by atoms with Crippen molar-refractivity contribution in [1.29, 1.82) is 0 Å². The zero-order valence-corrected chi connectivity index (χ0v) is 13.1. The molecule has 2 nitrogen and oxygen atoms in total. The molecule has 0 aliphatic carbocycles. The number of nitrogens with zero attached hydrogens (tertiary/aromatic N) is 1. The Hall–Kier alpha value is -0.190. The number of anilines is 1. The van der Waals surface area contributed by atoms with Gasteiger partial charge in [-0.1, -0.05) is 6.07 Å². The predicted octanol–water partition coefficient (Wildman–Crippen LogP) is 3.66. The van der Waals surface area contributed by atoms with E-state index in [2.05, 4.69) is 52.3 Å². The van der Waals surface area contributed by atoms with Gasteiger partial charge in [-0.25, -0.2) is 0 Å². The summed E-state index contributed by atoms with van der Waals surface area (Å²) >= 11 is 5.52. The van der Waals surface area contributed by atoms with E-state index in [0.717, 1.165) is 16.6 Å². The fourth-order valence-electron chi connectivity index (χ4n) is 1.68. The zero-order chi connectivity index (χ0) is 12.8. The van der Waals surface area contributed by atoms with Crippen molar-refractivity contribution in [2.45, 2.75) is 19.4 Å². The molecule has 96 valence electrons. The molecule has 1 rings (SSSR count). The van der Waals surface area contributed by atoms with E-state index < -0.39 is 0 Å². The number of hydrogen-bond donors (Lipinski definition) is 1. The third-order valence-electron chi connectivity index (χ3n) is 2.75. The highest BCUT2D eigenvalue weighted by molar-refractivity contribution is 9.10. The van der Waals surface area contributed by atoms with Crippen LogP contribution in [0.15, 0.2) is 22.7 Å². The van der Waals surface area contributed by atoms with Crippen LogP contribution < -0.4 is 10.6 Å². The lowest BCUT2D eigenvalue weighted by Gasteiger charge is -2.21. The van der Waals surface area contributed by atoms with Crippen LogP contribution in [0.4, 0.5) is 5.69 Å². The van der Waals surface area contributed by atoms with E-state index in [1.54, 1.807) is 0 Å². The third kappa shape index (κ3) is 4.53. The first kappa shape index (κ1) is 14.9. The van der Waals surface area contributed by atoms with Crippen LogP contribution in [-0.2, 0) is 0 Å². The number of halogens is 1. The van der Waals surface area contributed by atoms with Crippen LogP contribution in [0.5, 0.6) is 0 Å². The normalized spacial score (nSPS) is 12.5. The molecule has 17 heavy (non-hydrogen) atoms. The van der Waals surface area contributed by atoms with Gasteiger partial charge in [0, 0.05) is 24.1 Å². The van der Waals surface area contributed by atoms with Gasteiger partial charge in [0.1, 0.15) is 0 Å². The van der Waals surface area contributed by atoms with Gasteiger partial charge in [0.2, 0.25) is 0 Å². The minimum atomic E-state index is 0.0853. The van der Waals surface area contributed by atoms with Crippen LogP contribution in [0.3, 0.4) is 0 Å². The highest BCUT2D eigenvalue weighted by atomic mass is 79.9. The van der Waals surface area contributed by atoms with Crippen LogP contribution in [0.2, 0.25) is 0 Å². The highest BCUT2D eigenvalue weighted by Gasteiger charge is 2.08. The molecule has 0 radical (unpaired) electrons. The van der Waals surface area contributed by atoms with Gasteiger partial charge in [-0.2, -0.15) is 11.8 Å². The molecule has 0 fully saturated rings. The maximum Gasteiger partial charge on any atom is 0.0508 e. The van der Waals surface area contributed by atoms with Crippen molar-refractivity contribution in [1.82, 2.24) is 0 Å². The molecule has 0 amide bonds. The van der Waals surface area contributed by atoms with Gasteiger partial charge in [-0.05, 0) is 59.0 Å². The second-order valence-corrected chi connectivity index (χ2v) is 6.11. The predicted molar refractivity (Wildman–Crippen MR) is 83.0 cm³/mol. The molecular weight excluding hydrogens is 296 g/mol. The Bertz CT molecular complexity index is 355. The van der Waals surface area contributed by atoms with E-state index in [-0.39, 0.29) is 6.04 Å². The summed E-state index contributed by atoms with van der Waals surface area (Å²) in [7, 11) is 2.13. The van der Waals surface area contributed by atoms with Crippen LogP contribution in [0, 0.1) is 0 Å². The summed E-state index contributed by atoms with van der Waals surface area (Å²) in [5.74, 6) is 1.21. The Morgan fingerprint density at radius 2 is 2.18 bits per heavy atom. The summed E-state index contributed by atoms with van der Waals surface area (Å²) in [6, 6.07) is 6.45. The van der Waals surface area contributed by atoms with Crippen molar-refractivity contribution in [3.05, 3.63) is 28.2 Å². The van der Waals surface area contributed by atoms with Crippen LogP contribution in [-0.4, -0.2) is 25.6 Å². The van der Waals surface area contributed by atoms with Gasteiger partial charge in [0.25, 0.3) is 0 Å². The van der Waals surface area contributed by atoms with E-state index in [0.29, 0.717) is 0 Å². The molecule has 0 aliphatic rings. The largest absolute Gasteiger partial charge is 0.374 e. The van der Waals surface area contributed by atoms with Crippen molar-refractivity contribution >= 4 is 33.4 Å². The van der Waals surface area contributed by atoms with Gasteiger partial charge in [-0.3, -0.25) is 0 Å². The second-order valence-electron chi connectivity index (χ2n) is 4.27. The van der Waals surface area contributed by atoms with Crippen molar-refractivity contribution in [2.75, 3.05) is 30.5 Å². The van der Waals surface area contributed by atoms with E-state index in [4.69, 9.17) is 5.73 Å². The SMILES string of the molecule is CSCCCN(C)c1ccc([C@H](C)N)cc1Br. The minimum absolute atomic E-state index is 0.0853. The van der Waals surface area contributed by atoms with Crippen LogP contribution in [0.25, 0.3) is 0 Å².